The molecule has 0 aromatic heterocycles. The van der Waals surface area contributed by atoms with Crippen LogP contribution in [0.25, 0.3) is 0 Å². The molecule has 0 heterocycles. The molecule has 0 bridgehead atoms. The quantitative estimate of drug-likeness (QED) is 0.457. The summed E-state index contributed by atoms with van der Waals surface area (Å²) in [4.78, 5) is 10.2. The Balaban J connectivity index is 0.000000631. The second-order valence-corrected chi connectivity index (χ2v) is 5.49. The van der Waals surface area contributed by atoms with Gasteiger partial charge >= 0.3 is 5.97 Å². The van der Waals surface area contributed by atoms with Gasteiger partial charge < -0.3 is 16.6 Å². The Hall–Kier alpha value is -1.80. The number of nitrogens with one attached hydrogen (secondary N) is 1. The highest BCUT2D eigenvalue weighted by molar-refractivity contribution is 7.92. The SMILES string of the molecule is N=C(N)N.O=C(O)CS(=O)(=O)c1ccc(Cl)cc1. The van der Waals surface area contributed by atoms with Crippen LogP contribution in [0.5, 0.6) is 0 Å². The van der Waals surface area contributed by atoms with Crippen molar-refractivity contribution in [2.75, 3.05) is 5.75 Å². The van der Waals surface area contributed by atoms with Gasteiger partial charge in [-0.1, -0.05) is 11.6 Å². The average molecular weight is 294 g/mol. The Kier molecular flexibility index (Phi) is 6.14. The van der Waals surface area contributed by atoms with Crippen LogP contribution >= 0.6 is 11.6 Å². The van der Waals surface area contributed by atoms with Crippen LogP contribution in [0, 0.1) is 5.41 Å². The number of benzene rings is 1. The molecule has 0 amide bonds. The van der Waals surface area contributed by atoms with Crippen LogP contribution in [-0.4, -0.2) is 31.2 Å². The molecule has 0 radical (unpaired) electrons. The molecule has 18 heavy (non-hydrogen) atoms. The number of guanidine groups is 1. The number of hydrogen-bond donors (Lipinski definition) is 4. The molecule has 0 aliphatic rings. The maximum atomic E-state index is 11.3. The zero-order chi connectivity index (χ0) is 14.3. The molecule has 0 atom stereocenters. The van der Waals surface area contributed by atoms with Crippen molar-refractivity contribution in [2.24, 2.45) is 11.5 Å². The van der Waals surface area contributed by atoms with Crippen LogP contribution in [0.2, 0.25) is 5.02 Å². The molecule has 0 aliphatic heterocycles. The highest BCUT2D eigenvalue weighted by Crippen LogP contribution is 2.15. The van der Waals surface area contributed by atoms with Gasteiger partial charge in [0.25, 0.3) is 0 Å². The minimum atomic E-state index is -3.73. The Morgan fingerprint density at radius 2 is 1.67 bits per heavy atom. The molecule has 1 rings (SSSR count). The van der Waals surface area contributed by atoms with Crippen LogP contribution in [0.1, 0.15) is 0 Å². The lowest BCUT2D eigenvalue weighted by atomic mass is 10.4. The normalized spacial score (nSPS) is 10.1. The van der Waals surface area contributed by atoms with Crippen molar-refractivity contribution < 1.29 is 18.3 Å². The molecule has 1 aromatic rings. The number of aliphatic carboxylic acids is 1. The van der Waals surface area contributed by atoms with Crippen LogP contribution in [-0.2, 0) is 14.6 Å². The first-order valence-corrected chi connectivity index (χ1v) is 6.48. The molecular formula is C9H12ClN3O4S. The lowest BCUT2D eigenvalue weighted by molar-refractivity contribution is -0.134. The number of hydrogen-bond acceptors (Lipinski definition) is 4. The van der Waals surface area contributed by atoms with E-state index in [-0.39, 0.29) is 10.9 Å². The van der Waals surface area contributed by atoms with E-state index in [9.17, 15) is 13.2 Å². The number of nitrogens with two attached hydrogens (primary N) is 2. The highest BCUT2D eigenvalue weighted by atomic mass is 35.5. The van der Waals surface area contributed by atoms with Crippen molar-refractivity contribution in [1.82, 2.24) is 0 Å². The van der Waals surface area contributed by atoms with E-state index in [2.05, 4.69) is 11.5 Å². The molecule has 100 valence electrons. The Labute approximate surface area is 109 Å². The summed E-state index contributed by atoms with van der Waals surface area (Å²) >= 11 is 5.56. The second-order valence-electron chi connectivity index (χ2n) is 3.06. The van der Waals surface area contributed by atoms with E-state index >= 15 is 0 Å². The fraction of sp³-hybridized carbons (Fsp3) is 0.111. The van der Waals surface area contributed by atoms with Crippen molar-refractivity contribution in [1.29, 1.82) is 5.41 Å². The minimum Gasteiger partial charge on any atom is -0.480 e. The van der Waals surface area contributed by atoms with Gasteiger partial charge in [-0.15, -0.1) is 0 Å². The van der Waals surface area contributed by atoms with Crippen molar-refractivity contribution in [3.05, 3.63) is 29.3 Å². The predicted molar refractivity (Wildman–Crippen MR) is 67.2 cm³/mol. The van der Waals surface area contributed by atoms with E-state index < -0.39 is 21.6 Å². The largest absolute Gasteiger partial charge is 0.480 e. The number of rotatable bonds is 3. The van der Waals surface area contributed by atoms with E-state index in [0.717, 1.165) is 0 Å². The summed E-state index contributed by atoms with van der Waals surface area (Å²) in [6, 6.07) is 5.35. The summed E-state index contributed by atoms with van der Waals surface area (Å²) in [6.45, 7) is 0. The topological polar surface area (TPSA) is 147 Å². The maximum absolute atomic E-state index is 11.3. The Morgan fingerprint density at radius 1 is 1.28 bits per heavy atom. The van der Waals surface area contributed by atoms with Gasteiger partial charge in [0.2, 0.25) is 0 Å². The van der Waals surface area contributed by atoms with Crippen molar-refractivity contribution in [3.63, 3.8) is 0 Å². The number of carbonyl (C=O) groups is 1. The number of halogens is 1. The summed E-state index contributed by atoms with van der Waals surface area (Å²) in [5.41, 5.74) is 8.94. The minimum absolute atomic E-state index is 0.0377. The first kappa shape index (κ1) is 16.2. The van der Waals surface area contributed by atoms with E-state index in [1.54, 1.807) is 0 Å². The fourth-order valence-corrected chi connectivity index (χ4v) is 2.06. The number of carboxylic acids is 1. The van der Waals surface area contributed by atoms with Gasteiger partial charge in [0.05, 0.1) is 4.90 Å². The van der Waals surface area contributed by atoms with E-state index in [1.807, 2.05) is 0 Å². The highest BCUT2D eigenvalue weighted by Gasteiger charge is 2.18. The molecule has 0 saturated heterocycles. The predicted octanol–water partition coefficient (Wildman–Crippen LogP) is 0.0369. The Morgan fingerprint density at radius 3 is 2.00 bits per heavy atom. The molecule has 1 aromatic carbocycles. The van der Waals surface area contributed by atoms with Crippen LogP contribution in [0.4, 0.5) is 0 Å². The molecule has 0 spiro atoms. The molecule has 9 heteroatoms. The van der Waals surface area contributed by atoms with Crippen molar-refractivity contribution in [2.45, 2.75) is 4.90 Å². The first-order valence-electron chi connectivity index (χ1n) is 4.45. The molecular weight excluding hydrogens is 282 g/mol. The van der Waals surface area contributed by atoms with Gasteiger partial charge in [-0.2, -0.15) is 0 Å². The first-order chi connectivity index (χ1) is 8.15. The standard InChI is InChI=1S/C8H7ClO4S.CH5N3/c9-6-1-3-7(4-2-6)14(12,13)5-8(10)11;2-1(3)4/h1-4H,5H2,(H,10,11);(H5,2,3,4). The lowest BCUT2D eigenvalue weighted by Gasteiger charge is -2.00. The monoisotopic (exact) mass is 293 g/mol. The van der Waals surface area contributed by atoms with Gasteiger partial charge in [0.15, 0.2) is 21.5 Å². The molecule has 0 unspecified atom stereocenters. The summed E-state index contributed by atoms with van der Waals surface area (Å²) in [7, 11) is -3.73. The number of carboxylic acid groups (broad SMARTS) is 1. The summed E-state index contributed by atoms with van der Waals surface area (Å²) in [5.74, 6) is -2.62. The summed E-state index contributed by atoms with van der Waals surface area (Å²) < 4.78 is 22.7. The smallest absolute Gasteiger partial charge is 0.319 e. The van der Waals surface area contributed by atoms with Crippen LogP contribution in [0.3, 0.4) is 0 Å². The molecule has 7 nitrogen and oxygen atoms in total. The molecule has 0 aliphatic carbocycles. The third-order valence-electron chi connectivity index (χ3n) is 1.49. The summed E-state index contributed by atoms with van der Waals surface area (Å²) in [5, 5.41) is 14.8. The van der Waals surface area contributed by atoms with E-state index in [1.165, 1.54) is 24.3 Å². The van der Waals surface area contributed by atoms with Crippen molar-refractivity contribution in [3.8, 4) is 0 Å². The van der Waals surface area contributed by atoms with E-state index in [0.29, 0.717) is 5.02 Å². The molecule has 6 N–H and O–H groups in total. The van der Waals surface area contributed by atoms with Crippen LogP contribution < -0.4 is 11.5 Å². The second kappa shape index (κ2) is 6.82. The average Bonchev–Trinajstić information content (AvgIpc) is 2.15. The van der Waals surface area contributed by atoms with Gasteiger partial charge in [-0.3, -0.25) is 10.2 Å². The molecule has 0 fully saturated rings. The van der Waals surface area contributed by atoms with Gasteiger partial charge in [-0.25, -0.2) is 8.42 Å². The van der Waals surface area contributed by atoms with Crippen molar-refractivity contribution >= 4 is 33.4 Å². The van der Waals surface area contributed by atoms with Gasteiger partial charge in [-0.05, 0) is 24.3 Å². The summed E-state index contributed by atoms with van der Waals surface area (Å²) in [6.07, 6.45) is 0. The van der Waals surface area contributed by atoms with Gasteiger partial charge in [0, 0.05) is 5.02 Å². The third kappa shape index (κ3) is 6.71. The zero-order valence-corrected chi connectivity index (χ0v) is 10.7. The lowest BCUT2D eigenvalue weighted by Crippen LogP contribution is -2.20. The number of sulfone groups is 1. The third-order valence-corrected chi connectivity index (χ3v) is 3.36. The Bertz CT molecular complexity index is 523. The van der Waals surface area contributed by atoms with Crippen LogP contribution in [0.15, 0.2) is 29.2 Å². The zero-order valence-electron chi connectivity index (χ0n) is 9.13. The van der Waals surface area contributed by atoms with Gasteiger partial charge in [0.1, 0.15) is 0 Å². The molecule has 0 saturated carbocycles. The fourth-order valence-electron chi connectivity index (χ4n) is 0.888. The van der Waals surface area contributed by atoms with E-state index in [4.69, 9.17) is 22.1 Å². The maximum Gasteiger partial charge on any atom is 0.319 e.